The molecular formula is C13H18FN3OS. The van der Waals surface area contributed by atoms with E-state index in [0.29, 0.717) is 29.7 Å². The number of amides is 2. The number of likely N-dealkylation sites (tertiary alicyclic amines) is 1. The van der Waals surface area contributed by atoms with Gasteiger partial charge in [-0.15, -0.1) is 11.8 Å². The van der Waals surface area contributed by atoms with Crippen LogP contribution >= 0.6 is 11.8 Å². The number of anilines is 1. The number of rotatable bonds is 3. The molecule has 1 fully saturated rings. The highest BCUT2D eigenvalue weighted by molar-refractivity contribution is 7.98. The molecule has 0 saturated carbocycles. The first-order chi connectivity index (χ1) is 9.01. The fraction of sp³-hybridized carbons (Fsp3) is 0.462. The second-order valence-electron chi connectivity index (χ2n) is 4.80. The molecule has 1 aliphatic rings. The Balaban J connectivity index is 1.91. The van der Waals surface area contributed by atoms with Crippen molar-refractivity contribution in [2.45, 2.75) is 10.9 Å². The molecule has 104 valence electrons. The summed E-state index contributed by atoms with van der Waals surface area (Å²) in [5.74, 6) is -0.305. The van der Waals surface area contributed by atoms with E-state index < -0.39 is 0 Å². The zero-order valence-corrected chi connectivity index (χ0v) is 12.1. The summed E-state index contributed by atoms with van der Waals surface area (Å²) in [5.41, 5.74) is 0.494. The molecule has 1 aromatic rings. The van der Waals surface area contributed by atoms with Crippen molar-refractivity contribution < 1.29 is 9.18 Å². The van der Waals surface area contributed by atoms with Crippen LogP contribution in [0.2, 0.25) is 0 Å². The first kappa shape index (κ1) is 14.1. The summed E-state index contributed by atoms with van der Waals surface area (Å²) in [6.07, 6.45) is 1.82. The second-order valence-corrected chi connectivity index (χ2v) is 5.65. The van der Waals surface area contributed by atoms with Crippen LogP contribution < -0.4 is 5.32 Å². The summed E-state index contributed by atoms with van der Waals surface area (Å²) in [7, 11) is 3.99. The predicted octanol–water partition coefficient (Wildman–Crippen LogP) is 2.33. The average Bonchev–Trinajstić information content (AvgIpc) is 2.26. The molecule has 1 aromatic carbocycles. The predicted molar refractivity (Wildman–Crippen MR) is 76.2 cm³/mol. The smallest absolute Gasteiger partial charge is 0.321 e. The number of thioether (sulfide) groups is 1. The first-order valence-electron chi connectivity index (χ1n) is 6.07. The Morgan fingerprint density at radius 2 is 2.16 bits per heavy atom. The summed E-state index contributed by atoms with van der Waals surface area (Å²) in [6, 6.07) is 4.99. The third-order valence-corrected chi connectivity index (χ3v) is 4.05. The number of carbonyl (C=O) groups is 1. The van der Waals surface area contributed by atoms with E-state index in [-0.39, 0.29) is 11.8 Å². The summed E-state index contributed by atoms with van der Waals surface area (Å²) in [6.45, 7) is 1.43. The lowest BCUT2D eigenvalue weighted by Crippen LogP contribution is -2.60. The van der Waals surface area contributed by atoms with Crippen LogP contribution in [0.25, 0.3) is 0 Å². The third-order valence-electron chi connectivity index (χ3n) is 3.28. The highest BCUT2D eigenvalue weighted by Gasteiger charge is 2.31. The minimum absolute atomic E-state index is 0.172. The number of hydrogen-bond donors (Lipinski definition) is 1. The lowest BCUT2D eigenvalue weighted by Gasteiger charge is -2.42. The van der Waals surface area contributed by atoms with Gasteiger partial charge in [0.05, 0.1) is 0 Å². The molecule has 1 aliphatic heterocycles. The van der Waals surface area contributed by atoms with Gasteiger partial charge in [0, 0.05) is 29.7 Å². The number of halogens is 1. The van der Waals surface area contributed by atoms with E-state index in [0.717, 1.165) is 0 Å². The summed E-state index contributed by atoms with van der Waals surface area (Å²) >= 11 is 1.34. The van der Waals surface area contributed by atoms with Crippen LogP contribution in [0.5, 0.6) is 0 Å². The van der Waals surface area contributed by atoms with Gasteiger partial charge in [0.25, 0.3) is 0 Å². The van der Waals surface area contributed by atoms with Crippen molar-refractivity contribution in [1.82, 2.24) is 9.80 Å². The van der Waals surface area contributed by atoms with Gasteiger partial charge >= 0.3 is 6.03 Å². The molecule has 2 amide bonds. The Kier molecular flexibility index (Phi) is 4.31. The fourth-order valence-electron chi connectivity index (χ4n) is 1.89. The van der Waals surface area contributed by atoms with Gasteiger partial charge in [0.15, 0.2) is 0 Å². The van der Waals surface area contributed by atoms with Gasteiger partial charge in [0.1, 0.15) is 5.82 Å². The number of nitrogens with zero attached hydrogens (tertiary/aromatic N) is 2. The van der Waals surface area contributed by atoms with Crippen LogP contribution in [-0.4, -0.2) is 55.3 Å². The largest absolute Gasteiger partial charge is 0.321 e. The maximum atomic E-state index is 13.6. The van der Waals surface area contributed by atoms with Gasteiger partial charge in [-0.1, -0.05) is 0 Å². The molecule has 4 nitrogen and oxygen atoms in total. The first-order valence-corrected chi connectivity index (χ1v) is 7.29. The number of nitrogens with one attached hydrogen (secondary N) is 1. The number of hydrogen-bond acceptors (Lipinski definition) is 3. The van der Waals surface area contributed by atoms with E-state index in [1.54, 1.807) is 17.0 Å². The van der Waals surface area contributed by atoms with Crippen LogP contribution in [0, 0.1) is 5.82 Å². The molecular weight excluding hydrogens is 265 g/mol. The van der Waals surface area contributed by atoms with Gasteiger partial charge in [-0.05, 0) is 38.6 Å². The van der Waals surface area contributed by atoms with E-state index in [9.17, 15) is 9.18 Å². The van der Waals surface area contributed by atoms with Crippen LogP contribution in [-0.2, 0) is 0 Å². The van der Waals surface area contributed by atoms with Crippen LogP contribution in [0.15, 0.2) is 23.1 Å². The topological polar surface area (TPSA) is 35.6 Å². The quantitative estimate of drug-likeness (QED) is 0.865. The second kappa shape index (κ2) is 5.79. The molecule has 1 saturated heterocycles. The van der Waals surface area contributed by atoms with Gasteiger partial charge in [-0.25, -0.2) is 9.18 Å². The van der Waals surface area contributed by atoms with Gasteiger partial charge in [-0.2, -0.15) is 0 Å². The van der Waals surface area contributed by atoms with E-state index in [4.69, 9.17) is 0 Å². The number of likely N-dealkylation sites (N-methyl/N-ethyl adjacent to an activating group) is 1. The van der Waals surface area contributed by atoms with Crippen molar-refractivity contribution in [3.63, 3.8) is 0 Å². The Hall–Kier alpha value is -1.27. The van der Waals surface area contributed by atoms with E-state index in [2.05, 4.69) is 10.2 Å². The molecule has 0 atom stereocenters. The molecule has 0 unspecified atom stereocenters. The molecule has 0 bridgehead atoms. The monoisotopic (exact) mass is 283 g/mol. The van der Waals surface area contributed by atoms with E-state index in [1.165, 1.54) is 17.8 Å². The van der Waals surface area contributed by atoms with Crippen molar-refractivity contribution in [2.24, 2.45) is 0 Å². The van der Waals surface area contributed by atoms with Gasteiger partial charge in [0.2, 0.25) is 0 Å². The van der Waals surface area contributed by atoms with E-state index >= 15 is 0 Å². The maximum absolute atomic E-state index is 13.6. The molecule has 2 rings (SSSR count). The number of urea groups is 1. The van der Waals surface area contributed by atoms with Crippen molar-refractivity contribution in [1.29, 1.82) is 0 Å². The zero-order chi connectivity index (χ0) is 14.0. The molecule has 0 aliphatic carbocycles. The van der Waals surface area contributed by atoms with Gasteiger partial charge < -0.3 is 15.1 Å². The summed E-state index contributed by atoms with van der Waals surface area (Å²) in [5, 5.41) is 2.71. The van der Waals surface area contributed by atoms with Crippen LogP contribution in [0.4, 0.5) is 14.9 Å². The lowest BCUT2D eigenvalue weighted by molar-refractivity contribution is 0.0942. The number of carbonyl (C=O) groups excluding carboxylic acids is 1. The van der Waals surface area contributed by atoms with Crippen molar-refractivity contribution in [3.8, 4) is 0 Å². The minimum atomic E-state index is -0.305. The van der Waals surface area contributed by atoms with Crippen molar-refractivity contribution in [2.75, 3.05) is 38.8 Å². The van der Waals surface area contributed by atoms with Crippen LogP contribution in [0.3, 0.4) is 0 Å². The molecule has 0 radical (unpaired) electrons. The summed E-state index contributed by atoms with van der Waals surface area (Å²) in [4.78, 5) is 16.3. The molecule has 6 heteroatoms. The standard InChI is InChI=1S/C13H18FN3OS/c1-16(2)10-7-17(8-10)13(18)15-9-4-5-12(19-3)11(14)6-9/h4-6,10H,7-8H2,1-3H3,(H,15,18). The summed E-state index contributed by atoms with van der Waals surface area (Å²) < 4.78 is 13.6. The maximum Gasteiger partial charge on any atom is 0.321 e. The lowest BCUT2D eigenvalue weighted by atomic mass is 10.1. The Morgan fingerprint density at radius 1 is 1.47 bits per heavy atom. The molecule has 1 N–H and O–H groups in total. The minimum Gasteiger partial charge on any atom is -0.321 e. The Morgan fingerprint density at radius 3 is 2.68 bits per heavy atom. The highest BCUT2D eigenvalue weighted by atomic mass is 32.2. The van der Waals surface area contributed by atoms with Crippen LogP contribution in [0.1, 0.15) is 0 Å². The zero-order valence-electron chi connectivity index (χ0n) is 11.3. The van der Waals surface area contributed by atoms with Crippen molar-refractivity contribution >= 4 is 23.5 Å². The Bertz CT molecular complexity index is 475. The third kappa shape index (κ3) is 3.19. The fourth-order valence-corrected chi connectivity index (χ4v) is 2.35. The normalized spacial score (nSPS) is 15.5. The van der Waals surface area contributed by atoms with Gasteiger partial charge in [-0.3, -0.25) is 0 Å². The van der Waals surface area contributed by atoms with Crippen molar-refractivity contribution in [3.05, 3.63) is 24.0 Å². The molecule has 0 spiro atoms. The highest BCUT2D eigenvalue weighted by Crippen LogP contribution is 2.23. The Labute approximate surface area is 116 Å². The average molecular weight is 283 g/mol. The number of benzene rings is 1. The molecule has 1 heterocycles. The SMILES string of the molecule is CSc1ccc(NC(=O)N2CC(N(C)C)C2)cc1F. The molecule has 19 heavy (non-hydrogen) atoms. The van der Waals surface area contributed by atoms with E-state index in [1.807, 2.05) is 20.4 Å². The molecule has 0 aromatic heterocycles.